The fourth-order valence-corrected chi connectivity index (χ4v) is 12.5. The number of hydrogen-bond donors (Lipinski definition) is 5. The zero-order valence-corrected chi connectivity index (χ0v) is 28.2. The van der Waals surface area contributed by atoms with Crippen molar-refractivity contribution in [2.45, 2.75) is 143 Å². The van der Waals surface area contributed by atoms with Crippen LogP contribution in [0.25, 0.3) is 0 Å². The van der Waals surface area contributed by atoms with Gasteiger partial charge in [0.25, 0.3) is 0 Å². The molecule has 0 aromatic carbocycles. The number of aliphatic hydroxyl groups excluding tert-OH is 3. The molecule has 5 fully saturated rings. The Kier molecular flexibility index (Phi) is 7.97. The SMILES string of the molecule is C[C@@H]1[C@@H](C)CC[C@@]2(C(=O)O)CC[C@@]3(C(=O)O)C(=CC[C@@H]4[C@]3(C)CCC3C(C)(C)[C@H](O[C@H]5O[C@H](C)[C@@H](O)[C@H](O)[C@@H]5O)CC[C@]34C)[C@@H]12. The van der Waals surface area contributed by atoms with Crippen LogP contribution in [-0.2, 0) is 19.1 Å². The summed E-state index contributed by atoms with van der Waals surface area (Å²) < 4.78 is 12.3. The maximum absolute atomic E-state index is 13.8. The Morgan fingerprint density at radius 1 is 0.822 bits per heavy atom. The minimum atomic E-state index is -1.36. The van der Waals surface area contributed by atoms with E-state index in [4.69, 9.17) is 9.47 Å². The second-order valence-electron chi connectivity index (χ2n) is 17.2. The number of hydrogen-bond acceptors (Lipinski definition) is 7. The second kappa shape index (κ2) is 10.7. The van der Waals surface area contributed by atoms with Crippen LogP contribution >= 0.6 is 0 Å². The summed E-state index contributed by atoms with van der Waals surface area (Å²) in [5.41, 5.74) is -2.13. The smallest absolute Gasteiger partial charge is 0.314 e. The van der Waals surface area contributed by atoms with Crippen LogP contribution in [0.15, 0.2) is 11.6 Å². The highest BCUT2D eigenvalue weighted by atomic mass is 16.7. The molecule has 254 valence electrons. The molecule has 0 spiro atoms. The first kappa shape index (κ1) is 33.4. The van der Waals surface area contributed by atoms with Gasteiger partial charge in [-0.05, 0) is 111 Å². The number of rotatable bonds is 4. The summed E-state index contributed by atoms with van der Waals surface area (Å²) in [6.45, 7) is 15.0. The average Bonchev–Trinajstić information content (AvgIpc) is 2.97. The number of allylic oxidation sites excluding steroid dienone is 1. The van der Waals surface area contributed by atoms with E-state index in [0.717, 1.165) is 37.7 Å². The van der Waals surface area contributed by atoms with Crippen LogP contribution in [0, 0.1) is 56.7 Å². The third kappa shape index (κ3) is 4.28. The van der Waals surface area contributed by atoms with Crippen molar-refractivity contribution >= 4 is 11.9 Å². The average molecular weight is 633 g/mol. The minimum absolute atomic E-state index is 0.0958. The summed E-state index contributed by atoms with van der Waals surface area (Å²) in [5.74, 6) is -1.08. The molecule has 9 nitrogen and oxygen atoms in total. The van der Waals surface area contributed by atoms with E-state index in [0.29, 0.717) is 31.6 Å². The lowest BCUT2D eigenvalue weighted by atomic mass is 9.33. The molecule has 0 aromatic rings. The lowest BCUT2D eigenvalue weighted by Crippen LogP contribution is -2.68. The van der Waals surface area contributed by atoms with Crippen LogP contribution in [0.1, 0.15) is 106 Å². The minimum Gasteiger partial charge on any atom is -0.481 e. The first-order valence-electron chi connectivity index (χ1n) is 17.4. The molecule has 6 aliphatic rings. The van der Waals surface area contributed by atoms with Gasteiger partial charge in [0.2, 0.25) is 0 Å². The molecule has 9 heteroatoms. The Hall–Kier alpha value is -1.52. The number of aliphatic hydroxyl groups is 3. The Bertz CT molecular complexity index is 1250. The van der Waals surface area contributed by atoms with E-state index in [2.05, 4.69) is 47.6 Å². The van der Waals surface area contributed by atoms with Crippen molar-refractivity contribution < 1.29 is 44.6 Å². The van der Waals surface area contributed by atoms with Crippen LogP contribution in [0.3, 0.4) is 0 Å². The Morgan fingerprint density at radius 3 is 2.16 bits per heavy atom. The van der Waals surface area contributed by atoms with E-state index in [1.165, 1.54) is 0 Å². The number of aliphatic carboxylic acids is 2. The first-order chi connectivity index (χ1) is 20.9. The first-order valence-corrected chi connectivity index (χ1v) is 17.4. The predicted octanol–water partition coefficient (Wildman–Crippen LogP) is 5.01. The zero-order chi connectivity index (χ0) is 33.1. The quantitative estimate of drug-likeness (QED) is 0.213. The number of ether oxygens (including phenoxy) is 2. The zero-order valence-electron chi connectivity index (χ0n) is 28.2. The Balaban J connectivity index is 1.35. The highest BCUT2D eigenvalue weighted by Crippen LogP contribution is 2.76. The summed E-state index contributed by atoms with van der Waals surface area (Å²) >= 11 is 0. The predicted molar refractivity (Wildman–Crippen MR) is 166 cm³/mol. The summed E-state index contributed by atoms with van der Waals surface area (Å²) in [7, 11) is 0. The second-order valence-corrected chi connectivity index (χ2v) is 17.2. The van der Waals surface area contributed by atoms with Crippen molar-refractivity contribution in [2.24, 2.45) is 56.7 Å². The van der Waals surface area contributed by atoms with Gasteiger partial charge in [-0.25, -0.2) is 0 Å². The standard InChI is InChI=1S/C36H56O9/c1-18-10-15-35(30(40)41)16-17-36(31(42)43)21(25(35)19(18)2)8-9-23-33(6)13-12-24(32(4,5)22(33)11-14-34(23,36)7)45-29-28(39)27(38)26(37)20(3)44-29/h8,18-20,22-29,37-39H,9-17H2,1-7H3,(H,40,41)(H,42,43)/t18-,19+,20+,22?,23-,24+,25+,26+,27-,28-,29+,33+,34-,35+,36-/m0/s1. The molecule has 0 aromatic heterocycles. The van der Waals surface area contributed by atoms with Crippen molar-refractivity contribution in [3.05, 3.63) is 11.6 Å². The van der Waals surface area contributed by atoms with Crippen LogP contribution in [0.4, 0.5) is 0 Å². The van der Waals surface area contributed by atoms with Crippen LogP contribution in [0.2, 0.25) is 0 Å². The topological polar surface area (TPSA) is 154 Å². The van der Waals surface area contributed by atoms with Gasteiger partial charge in [-0.3, -0.25) is 9.59 Å². The van der Waals surface area contributed by atoms with E-state index in [1.807, 2.05) is 0 Å². The van der Waals surface area contributed by atoms with E-state index in [9.17, 15) is 35.1 Å². The maximum Gasteiger partial charge on any atom is 0.314 e. The molecular weight excluding hydrogens is 576 g/mol. The van der Waals surface area contributed by atoms with Crippen LogP contribution in [0.5, 0.6) is 0 Å². The highest BCUT2D eigenvalue weighted by molar-refractivity contribution is 5.84. The van der Waals surface area contributed by atoms with Crippen molar-refractivity contribution in [2.75, 3.05) is 0 Å². The van der Waals surface area contributed by atoms with Crippen molar-refractivity contribution in [1.82, 2.24) is 0 Å². The largest absolute Gasteiger partial charge is 0.481 e. The summed E-state index contributed by atoms with van der Waals surface area (Å²) in [6.07, 6.45) is 2.36. The molecule has 6 rings (SSSR count). The van der Waals surface area contributed by atoms with Crippen LogP contribution in [-0.4, -0.2) is 74.3 Å². The van der Waals surface area contributed by atoms with Gasteiger partial charge in [-0.15, -0.1) is 0 Å². The Labute approximate surface area is 267 Å². The molecule has 0 bridgehead atoms. The fourth-order valence-electron chi connectivity index (χ4n) is 12.5. The van der Waals surface area contributed by atoms with Crippen molar-refractivity contribution in [1.29, 1.82) is 0 Å². The molecule has 0 radical (unpaired) electrons. The van der Waals surface area contributed by atoms with E-state index in [1.54, 1.807) is 6.92 Å². The molecule has 5 aliphatic carbocycles. The fraction of sp³-hybridized carbons (Fsp3) is 0.889. The third-order valence-corrected chi connectivity index (χ3v) is 15.3. The summed E-state index contributed by atoms with van der Waals surface area (Å²) in [6, 6.07) is 0. The van der Waals surface area contributed by atoms with Crippen molar-refractivity contribution in [3.63, 3.8) is 0 Å². The number of carbonyl (C=O) groups is 2. The molecule has 4 saturated carbocycles. The van der Waals surface area contributed by atoms with E-state index < -0.39 is 58.9 Å². The molecule has 1 saturated heterocycles. The lowest BCUT2D eigenvalue weighted by molar-refractivity contribution is -0.324. The molecule has 1 heterocycles. The number of carboxylic acids is 2. The van der Waals surface area contributed by atoms with E-state index in [-0.39, 0.29) is 40.6 Å². The van der Waals surface area contributed by atoms with Gasteiger partial charge >= 0.3 is 11.9 Å². The van der Waals surface area contributed by atoms with Crippen LogP contribution < -0.4 is 0 Å². The molecule has 1 unspecified atom stereocenters. The van der Waals surface area contributed by atoms with Gasteiger partial charge in [0.05, 0.1) is 23.0 Å². The molecule has 1 aliphatic heterocycles. The summed E-state index contributed by atoms with van der Waals surface area (Å²) in [4.78, 5) is 26.8. The van der Waals surface area contributed by atoms with Gasteiger partial charge in [0, 0.05) is 0 Å². The highest BCUT2D eigenvalue weighted by Gasteiger charge is 2.73. The van der Waals surface area contributed by atoms with Gasteiger partial charge in [-0.2, -0.15) is 0 Å². The van der Waals surface area contributed by atoms with Gasteiger partial charge in [0.15, 0.2) is 6.29 Å². The number of fused-ring (bicyclic) bond motifs is 7. The summed E-state index contributed by atoms with van der Waals surface area (Å²) in [5, 5.41) is 53.2. The van der Waals surface area contributed by atoms with Gasteiger partial charge in [0.1, 0.15) is 18.3 Å². The molecule has 5 N–H and O–H groups in total. The van der Waals surface area contributed by atoms with Crippen molar-refractivity contribution in [3.8, 4) is 0 Å². The number of carboxylic acid groups (broad SMARTS) is 2. The molecule has 45 heavy (non-hydrogen) atoms. The molecule has 15 atom stereocenters. The normalized spacial score (nSPS) is 54.0. The van der Waals surface area contributed by atoms with E-state index >= 15 is 0 Å². The van der Waals surface area contributed by atoms with Gasteiger partial charge in [-0.1, -0.05) is 53.2 Å². The monoisotopic (exact) mass is 632 g/mol. The lowest BCUT2D eigenvalue weighted by Gasteiger charge is -2.70. The van der Waals surface area contributed by atoms with Gasteiger partial charge < -0.3 is 35.0 Å². The molecule has 0 amide bonds. The Morgan fingerprint density at radius 2 is 1.51 bits per heavy atom. The maximum atomic E-state index is 13.8. The third-order valence-electron chi connectivity index (χ3n) is 15.3. The molecular formula is C36H56O9.